The van der Waals surface area contributed by atoms with E-state index in [2.05, 4.69) is 20.9 Å². The monoisotopic (exact) mass is 497 g/mol. The third-order valence-corrected chi connectivity index (χ3v) is 5.66. The van der Waals surface area contributed by atoms with E-state index < -0.39 is 41.4 Å². The van der Waals surface area contributed by atoms with Crippen molar-refractivity contribution in [1.82, 2.24) is 0 Å². The third-order valence-electron chi connectivity index (χ3n) is 4.61. The molecule has 3 rings (SSSR count). The van der Waals surface area contributed by atoms with Crippen LogP contribution in [0.4, 0.5) is 17.6 Å². The van der Waals surface area contributed by atoms with Crippen LogP contribution < -0.4 is 0 Å². The minimum absolute atomic E-state index is 0.0212. The highest BCUT2D eigenvalue weighted by molar-refractivity contribution is 9.10. The molecule has 2 aromatic rings. The minimum atomic E-state index is -4.98. The summed E-state index contributed by atoms with van der Waals surface area (Å²) < 4.78 is 56.5. The number of carboxylic acid groups (broad SMARTS) is 1. The Morgan fingerprint density at radius 2 is 1.79 bits per heavy atom. The molecule has 0 saturated carbocycles. The molecule has 0 amide bonds. The summed E-state index contributed by atoms with van der Waals surface area (Å²) in [7, 11) is 0. The third kappa shape index (κ3) is 3.42. The van der Waals surface area contributed by atoms with Crippen LogP contribution in [0.25, 0.3) is 0 Å². The van der Waals surface area contributed by atoms with Crippen molar-refractivity contribution in [3.8, 4) is 0 Å². The summed E-state index contributed by atoms with van der Waals surface area (Å²) in [6, 6.07) is 6.73. The molecule has 1 N–H and O–H groups in total. The van der Waals surface area contributed by atoms with Crippen molar-refractivity contribution in [2.24, 2.45) is 10.9 Å². The summed E-state index contributed by atoms with van der Waals surface area (Å²) in [5.74, 6) is -4.43. The van der Waals surface area contributed by atoms with Gasteiger partial charge in [-0.3, -0.25) is 9.79 Å². The van der Waals surface area contributed by atoms with Crippen molar-refractivity contribution in [2.75, 3.05) is 6.54 Å². The summed E-state index contributed by atoms with van der Waals surface area (Å²) in [6.45, 7) is -0.867. The van der Waals surface area contributed by atoms with Crippen molar-refractivity contribution >= 4 is 50.8 Å². The molecule has 1 aliphatic heterocycles. The fourth-order valence-electron chi connectivity index (χ4n) is 3.35. The van der Waals surface area contributed by atoms with E-state index >= 15 is 0 Å². The Labute approximate surface area is 175 Å². The molecule has 2 unspecified atom stereocenters. The van der Waals surface area contributed by atoms with Crippen molar-refractivity contribution < 1.29 is 27.5 Å². The molecule has 0 fully saturated rings. The van der Waals surface area contributed by atoms with Gasteiger partial charge in [0.1, 0.15) is 17.2 Å². The zero-order valence-corrected chi connectivity index (χ0v) is 16.8. The van der Waals surface area contributed by atoms with Crippen molar-refractivity contribution in [1.29, 1.82) is 0 Å². The predicted octanol–water partition coefficient (Wildman–Crippen LogP) is 5.90. The molecule has 0 bridgehead atoms. The maximum absolute atomic E-state index is 14.3. The van der Waals surface area contributed by atoms with Gasteiger partial charge in [0.05, 0.1) is 16.7 Å². The number of benzene rings is 2. The zero-order valence-electron chi connectivity index (χ0n) is 13.7. The standard InChI is InChI=1S/C18H10BrCl2F4NO2/c19-12-3-8(1-2-13(12)22)15-14(16(27)28)17(7-26-15,18(23,24)25)9-4-10(20)6-11(21)5-9/h1-6,14H,7H2,(H,27,28). The fourth-order valence-corrected chi connectivity index (χ4v) is 4.26. The molecule has 1 aliphatic rings. The van der Waals surface area contributed by atoms with Gasteiger partial charge in [-0.2, -0.15) is 13.2 Å². The number of carbonyl (C=O) groups is 1. The lowest BCUT2D eigenvalue weighted by molar-refractivity contribution is -0.200. The number of alkyl halides is 3. The van der Waals surface area contributed by atoms with Gasteiger partial charge in [-0.1, -0.05) is 29.3 Å². The highest BCUT2D eigenvalue weighted by Crippen LogP contribution is 2.52. The predicted molar refractivity (Wildman–Crippen MR) is 101 cm³/mol. The normalized spacial score (nSPS) is 22.2. The SMILES string of the molecule is O=C(O)C1C(c2ccc(F)c(Br)c2)=NCC1(c1cc(Cl)cc(Cl)c1)C(F)(F)F. The lowest BCUT2D eigenvalue weighted by Gasteiger charge is -2.36. The Kier molecular flexibility index (Phi) is 5.51. The first-order valence-corrected chi connectivity index (χ1v) is 9.28. The van der Waals surface area contributed by atoms with Crippen LogP contribution in [0.1, 0.15) is 11.1 Å². The van der Waals surface area contributed by atoms with Crippen molar-refractivity contribution in [2.45, 2.75) is 11.6 Å². The van der Waals surface area contributed by atoms with Crippen LogP contribution in [-0.2, 0) is 10.2 Å². The Balaban J connectivity index is 2.24. The topological polar surface area (TPSA) is 49.7 Å². The van der Waals surface area contributed by atoms with Crippen LogP contribution in [0.5, 0.6) is 0 Å². The van der Waals surface area contributed by atoms with Gasteiger partial charge in [-0.15, -0.1) is 0 Å². The number of aliphatic imine (C=N–C) groups is 1. The largest absolute Gasteiger partial charge is 0.481 e. The molecule has 0 aromatic heterocycles. The van der Waals surface area contributed by atoms with Gasteiger partial charge in [0.25, 0.3) is 0 Å². The molecule has 0 spiro atoms. The van der Waals surface area contributed by atoms with Gasteiger partial charge in [0, 0.05) is 10.0 Å². The van der Waals surface area contributed by atoms with E-state index in [1.165, 1.54) is 18.2 Å². The second-order valence-corrected chi connectivity index (χ2v) is 7.96. The maximum atomic E-state index is 14.3. The quantitative estimate of drug-likeness (QED) is 0.536. The average molecular weight is 499 g/mol. The van der Waals surface area contributed by atoms with Crippen LogP contribution in [0, 0.1) is 11.7 Å². The molecule has 2 atom stereocenters. The zero-order chi connectivity index (χ0) is 20.9. The van der Waals surface area contributed by atoms with Crippen LogP contribution in [-0.4, -0.2) is 29.5 Å². The van der Waals surface area contributed by atoms with Crippen LogP contribution in [0.3, 0.4) is 0 Å². The summed E-state index contributed by atoms with van der Waals surface area (Å²) in [6.07, 6.45) is -4.98. The number of aliphatic carboxylic acids is 1. The average Bonchev–Trinajstić information content (AvgIpc) is 2.98. The second-order valence-electron chi connectivity index (χ2n) is 6.23. The molecule has 0 radical (unpaired) electrons. The summed E-state index contributed by atoms with van der Waals surface area (Å²) in [4.78, 5) is 15.9. The molecule has 1 heterocycles. The summed E-state index contributed by atoms with van der Waals surface area (Å²) >= 11 is 14.7. The molecular formula is C18H10BrCl2F4NO2. The molecule has 148 valence electrons. The highest BCUT2D eigenvalue weighted by atomic mass is 79.9. The Bertz CT molecular complexity index is 976. The summed E-state index contributed by atoms with van der Waals surface area (Å²) in [5, 5.41) is 9.61. The van der Waals surface area contributed by atoms with E-state index in [9.17, 15) is 27.5 Å². The van der Waals surface area contributed by atoms with Gasteiger partial charge in [0.15, 0.2) is 0 Å². The Hall–Kier alpha value is -1.64. The van der Waals surface area contributed by atoms with Gasteiger partial charge in [-0.05, 0) is 57.4 Å². The van der Waals surface area contributed by atoms with E-state index in [1.54, 1.807) is 0 Å². The van der Waals surface area contributed by atoms with E-state index in [0.717, 1.165) is 18.2 Å². The molecular weight excluding hydrogens is 489 g/mol. The van der Waals surface area contributed by atoms with Gasteiger partial charge in [-0.25, -0.2) is 4.39 Å². The minimum Gasteiger partial charge on any atom is -0.481 e. The number of hydrogen-bond acceptors (Lipinski definition) is 2. The van der Waals surface area contributed by atoms with Crippen molar-refractivity contribution in [3.63, 3.8) is 0 Å². The van der Waals surface area contributed by atoms with E-state index in [-0.39, 0.29) is 25.8 Å². The number of nitrogens with zero attached hydrogens (tertiary/aromatic N) is 1. The van der Waals surface area contributed by atoms with E-state index in [0.29, 0.717) is 0 Å². The Morgan fingerprint density at radius 3 is 2.29 bits per heavy atom. The van der Waals surface area contributed by atoms with E-state index in [4.69, 9.17) is 23.2 Å². The molecule has 10 heteroatoms. The smallest absolute Gasteiger partial charge is 0.401 e. The summed E-state index contributed by atoms with van der Waals surface area (Å²) in [5.41, 5.74) is -3.50. The van der Waals surface area contributed by atoms with Crippen LogP contribution >= 0.6 is 39.1 Å². The molecule has 3 nitrogen and oxygen atoms in total. The molecule has 0 saturated heterocycles. The number of hydrogen-bond donors (Lipinski definition) is 1. The first kappa shape index (κ1) is 21.1. The molecule has 28 heavy (non-hydrogen) atoms. The first-order chi connectivity index (χ1) is 13.0. The first-order valence-electron chi connectivity index (χ1n) is 7.73. The number of carboxylic acids is 1. The van der Waals surface area contributed by atoms with E-state index in [1.807, 2.05) is 0 Å². The lowest BCUT2D eigenvalue weighted by Crippen LogP contribution is -2.53. The van der Waals surface area contributed by atoms with Gasteiger partial charge < -0.3 is 5.11 Å². The fraction of sp³-hybridized carbons (Fsp3) is 0.222. The van der Waals surface area contributed by atoms with Crippen molar-refractivity contribution in [3.05, 3.63) is 67.9 Å². The lowest BCUT2D eigenvalue weighted by atomic mass is 9.68. The maximum Gasteiger partial charge on any atom is 0.401 e. The highest BCUT2D eigenvalue weighted by Gasteiger charge is 2.66. The van der Waals surface area contributed by atoms with Crippen LogP contribution in [0.2, 0.25) is 10.0 Å². The molecule has 0 aliphatic carbocycles. The van der Waals surface area contributed by atoms with Gasteiger partial charge in [0.2, 0.25) is 0 Å². The Morgan fingerprint density at radius 1 is 1.18 bits per heavy atom. The van der Waals surface area contributed by atoms with Gasteiger partial charge >= 0.3 is 12.1 Å². The number of rotatable bonds is 3. The van der Waals surface area contributed by atoms with Crippen LogP contribution in [0.15, 0.2) is 45.9 Å². The second kappa shape index (κ2) is 7.31. The molecule has 2 aromatic carbocycles. The number of halogens is 7.